The van der Waals surface area contributed by atoms with Gasteiger partial charge in [0.2, 0.25) is 5.92 Å². The number of aromatic nitrogens is 2. The summed E-state index contributed by atoms with van der Waals surface area (Å²) in [5.74, 6) is -3.33. The molecule has 1 saturated carbocycles. The van der Waals surface area contributed by atoms with E-state index >= 15 is 0 Å². The number of primary amides is 1. The highest BCUT2D eigenvalue weighted by atomic mass is 35.5. The molecule has 1 aliphatic heterocycles. The van der Waals surface area contributed by atoms with Crippen LogP contribution < -0.4 is 11.1 Å². The Morgan fingerprint density at radius 1 is 1.18 bits per heavy atom. The first kappa shape index (κ1) is 24.7. The Bertz CT molecular complexity index is 1120. The minimum absolute atomic E-state index is 0.0474. The molecular weight excluding hydrogens is 487 g/mol. The molecule has 34 heavy (non-hydrogen) atoms. The monoisotopic (exact) mass is 513 g/mol. The van der Waals surface area contributed by atoms with E-state index in [1.165, 1.54) is 0 Å². The van der Waals surface area contributed by atoms with Crippen LogP contribution in [0.4, 0.5) is 13.6 Å². The lowest BCUT2D eigenvalue weighted by molar-refractivity contribution is -0.0542. The Hall–Kier alpha value is -2.39. The van der Waals surface area contributed by atoms with Crippen LogP contribution in [0.25, 0.3) is 11.3 Å². The van der Waals surface area contributed by atoms with E-state index in [-0.39, 0.29) is 36.9 Å². The number of hydrogen-bond donors (Lipinski definition) is 2. The van der Waals surface area contributed by atoms with Crippen molar-refractivity contribution < 1.29 is 18.4 Å². The van der Waals surface area contributed by atoms with Crippen molar-refractivity contribution in [1.82, 2.24) is 20.0 Å². The second kappa shape index (κ2) is 9.00. The van der Waals surface area contributed by atoms with Gasteiger partial charge in [0.25, 0.3) is 5.91 Å². The Balaban J connectivity index is 1.54. The van der Waals surface area contributed by atoms with E-state index in [1.807, 2.05) is 13.8 Å². The Labute approximate surface area is 206 Å². The van der Waals surface area contributed by atoms with Crippen LogP contribution in [0, 0.1) is 5.92 Å². The maximum Gasteiger partial charge on any atom is 0.318 e. The number of urea groups is 1. The first-order chi connectivity index (χ1) is 15.9. The zero-order valence-electron chi connectivity index (χ0n) is 19.0. The maximum absolute atomic E-state index is 13.6. The standard InChI is InChI=1S/C23H27Cl2F2N5O2/c1-22(2,14-5-7-23(26,27)8-6-14)29-21(34)31-9-10-32-17(12-31)18(20(28)33)19(30-32)13-3-4-15(24)16(25)11-13/h3-4,11,14H,5-10,12H2,1-2H3,(H2,28,33)(H,29,34). The van der Waals surface area contributed by atoms with E-state index in [0.717, 1.165) is 0 Å². The van der Waals surface area contributed by atoms with Gasteiger partial charge in [-0.3, -0.25) is 9.48 Å². The van der Waals surface area contributed by atoms with E-state index in [9.17, 15) is 18.4 Å². The highest BCUT2D eigenvalue weighted by molar-refractivity contribution is 6.42. The van der Waals surface area contributed by atoms with Crippen LogP contribution in [-0.2, 0) is 13.1 Å². The number of nitrogens with one attached hydrogen (secondary N) is 1. The molecule has 0 saturated heterocycles. The van der Waals surface area contributed by atoms with Crippen LogP contribution in [0.5, 0.6) is 0 Å². The van der Waals surface area contributed by atoms with Gasteiger partial charge < -0.3 is 16.0 Å². The van der Waals surface area contributed by atoms with Crippen molar-refractivity contribution in [2.24, 2.45) is 11.7 Å². The van der Waals surface area contributed by atoms with E-state index in [4.69, 9.17) is 28.9 Å². The number of benzene rings is 1. The predicted molar refractivity (Wildman–Crippen MR) is 126 cm³/mol. The summed E-state index contributed by atoms with van der Waals surface area (Å²) < 4.78 is 28.8. The molecule has 184 valence electrons. The Morgan fingerprint density at radius 2 is 1.85 bits per heavy atom. The fourth-order valence-corrected chi connectivity index (χ4v) is 5.11. The van der Waals surface area contributed by atoms with E-state index < -0.39 is 17.4 Å². The second-order valence-electron chi connectivity index (χ2n) is 9.59. The average molecular weight is 514 g/mol. The molecule has 1 aliphatic carbocycles. The highest BCUT2D eigenvalue weighted by Crippen LogP contribution is 2.40. The van der Waals surface area contributed by atoms with Gasteiger partial charge in [-0.2, -0.15) is 5.10 Å². The lowest BCUT2D eigenvalue weighted by Gasteiger charge is -2.41. The summed E-state index contributed by atoms with van der Waals surface area (Å²) in [5, 5.41) is 8.27. The maximum atomic E-state index is 13.6. The number of nitrogens with zero attached hydrogens (tertiary/aromatic N) is 3. The SMILES string of the molecule is CC(C)(NC(=O)N1CCn2nc(-c3ccc(Cl)c(Cl)c3)c(C(N)=O)c2C1)C1CCC(F)(F)CC1. The quantitative estimate of drug-likeness (QED) is 0.596. The summed E-state index contributed by atoms with van der Waals surface area (Å²) in [6.07, 6.45) is 0.371. The summed E-state index contributed by atoms with van der Waals surface area (Å²) >= 11 is 12.2. The van der Waals surface area contributed by atoms with Crippen molar-refractivity contribution in [1.29, 1.82) is 0 Å². The summed E-state index contributed by atoms with van der Waals surface area (Å²) in [7, 11) is 0. The minimum atomic E-state index is -2.63. The molecular formula is C23H27Cl2F2N5O2. The fraction of sp³-hybridized carbons (Fsp3) is 0.522. The molecule has 1 aromatic carbocycles. The number of rotatable bonds is 4. The topological polar surface area (TPSA) is 93.2 Å². The number of carbonyl (C=O) groups is 2. The van der Waals surface area contributed by atoms with Crippen LogP contribution in [-0.4, -0.2) is 44.6 Å². The number of amides is 3. The molecule has 7 nitrogen and oxygen atoms in total. The number of halogens is 4. The van der Waals surface area contributed by atoms with E-state index in [1.54, 1.807) is 27.8 Å². The van der Waals surface area contributed by atoms with E-state index in [2.05, 4.69) is 10.4 Å². The van der Waals surface area contributed by atoms with Crippen molar-refractivity contribution >= 4 is 35.1 Å². The van der Waals surface area contributed by atoms with Crippen LogP contribution >= 0.6 is 23.2 Å². The largest absolute Gasteiger partial charge is 0.365 e. The van der Waals surface area contributed by atoms with Gasteiger partial charge in [-0.1, -0.05) is 29.3 Å². The first-order valence-corrected chi connectivity index (χ1v) is 11.9. The number of hydrogen-bond acceptors (Lipinski definition) is 3. The molecule has 1 aromatic heterocycles. The summed E-state index contributed by atoms with van der Waals surface area (Å²) in [4.78, 5) is 27.1. The third-order valence-electron chi connectivity index (χ3n) is 6.87. The predicted octanol–water partition coefficient (Wildman–Crippen LogP) is 5.09. The van der Waals surface area contributed by atoms with Crippen LogP contribution in [0.3, 0.4) is 0 Å². The third-order valence-corrected chi connectivity index (χ3v) is 7.61. The molecule has 1 fully saturated rings. The van der Waals surface area contributed by atoms with Crippen molar-refractivity contribution in [3.8, 4) is 11.3 Å². The summed E-state index contributed by atoms with van der Waals surface area (Å²) in [6, 6.07) is 4.62. The van der Waals surface area contributed by atoms with Crippen LogP contribution in [0.1, 0.15) is 55.6 Å². The molecule has 11 heteroatoms. The molecule has 2 aliphatic rings. The van der Waals surface area contributed by atoms with Crippen molar-refractivity contribution in [3.05, 3.63) is 39.5 Å². The molecule has 0 spiro atoms. The molecule has 2 heterocycles. The second-order valence-corrected chi connectivity index (χ2v) is 10.4. The summed E-state index contributed by atoms with van der Waals surface area (Å²) in [5.41, 5.74) is 6.78. The van der Waals surface area contributed by atoms with Crippen molar-refractivity contribution in [2.75, 3.05) is 6.54 Å². The van der Waals surface area contributed by atoms with Gasteiger partial charge in [-0.15, -0.1) is 0 Å². The highest BCUT2D eigenvalue weighted by Gasteiger charge is 2.42. The first-order valence-electron chi connectivity index (χ1n) is 11.2. The molecule has 0 radical (unpaired) electrons. The smallest absolute Gasteiger partial charge is 0.318 e. The third kappa shape index (κ3) is 4.86. The molecule has 0 atom stereocenters. The molecule has 3 amide bonds. The van der Waals surface area contributed by atoms with Crippen LogP contribution in [0.15, 0.2) is 18.2 Å². The molecule has 2 aromatic rings. The lowest BCUT2D eigenvalue weighted by atomic mass is 9.75. The van der Waals surface area contributed by atoms with Gasteiger partial charge in [0.15, 0.2) is 0 Å². The molecule has 0 unspecified atom stereocenters. The van der Waals surface area contributed by atoms with Crippen LogP contribution in [0.2, 0.25) is 10.0 Å². The van der Waals surface area contributed by atoms with Gasteiger partial charge in [0.1, 0.15) is 5.69 Å². The van der Waals surface area contributed by atoms with Crippen molar-refractivity contribution in [2.45, 2.75) is 64.1 Å². The summed E-state index contributed by atoms with van der Waals surface area (Å²) in [6.45, 7) is 4.62. The number of fused-ring (bicyclic) bond motifs is 1. The average Bonchev–Trinajstić information content (AvgIpc) is 3.14. The zero-order chi connectivity index (χ0) is 24.8. The molecule has 3 N–H and O–H groups in total. The fourth-order valence-electron chi connectivity index (χ4n) is 4.81. The number of carbonyl (C=O) groups excluding carboxylic acids is 2. The molecule has 0 bridgehead atoms. The van der Waals surface area contributed by atoms with Gasteiger partial charge in [-0.25, -0.2) is 13.6 Å². The van der Waals surface area contributed by atoms with Gasteiger partial charge >= 0.3 is 6.03 Å². The molecule has 4 rings (SSSR count). The van der Waals surface area contributed by atoms with E-state index in [0.29, 0.717) is 52.9 Å². The lowest BCUT2D eigenvalue weighted by Crippen LogP contribution is -2.55. The Kier molecular flexibility index (Phi) is 6.54. The van der Waals surface area contributed by atoms with Gasteiger partial charge in [-0.05, 0) is 44.7 Å². The number of alkyl halides is 2. The normalized spacial score (nSPS) is 18.5. The number of nitrogens with two attached hydrogens (primary N) is 1. The van der Waals surface area contributed by atoms with Gasteiger partial charge in [0.05, 0.1) is 34.4 Å². The Morgan fingerprint density at radius 3 is 2.47 bits per heavy atom. The minimum Gasteiger partial charge on any atom is -0.365 e. The van der Waals surface area contributed by atoms with Crippen molar-refractivity contribution in [3.63, 3.8) is 0 Å². The zero-order valence-corrected chi connectivity index (χ0v) is 20.5. The van der Waals surface area contributed by atoms with Gasteiger partial charge in [0, 0.05) is 30.5 Å².